The first-order valence-corrected chi connectivity index (χ1v) is 7.27. The Balaban J connectivity index is 2.16. The molecule has 4 nitrogen and oxygen atoms in total. The van der Waals surface area contributed by atoms with E-state index in [4.69, 9.17) is 4.74 Å². The van der Waals surface area contributed by atoms with Gasteiger partial charge < -0.3 is 14.7 Å². The first kappa shape index (κ1) is 13.3. The van der Waals surface area contributed by atoms with Gasteiger partial charge in [0.05, 0.1) is 18.7 Å². The maximum absolute atomic E-state index is 11.8. The van der Waals surface area contributed by atoms with E-state index in [9.17, 15) is 9.90 Å². The highest BCUT2D eigenvalue weighted by Crippen LogP contribution is 2.50. The predicted molar refractivity (Wildman–Crippen MR) is 77.5 cm³/mol. The quantitative estimate of drug-likeness (QED) is 0.901. The number of hydrogen-bond donors (Lipinski definition) is 1. The van der Waals surface area contributed by atoms with Gasteiger partial charge in [-0.15, -0.1) is 0 Å². The van der Waals surface area contributed by atoms with Crippen molar-refractivity contribution in [3.8, 4) is 5.75 Å². The van der Waals surface area contributed by atoms with Gasteiger partial charge in [0, 0.05) is 13.1 Å². The van der Waals surface area contributed by atoms with Gasteiger partial charge in [0.25, 0.3) is 0 Å². The van der Waals surface area contributed by atoms with Gasteiger partial charge in [-0.2, -0.15) is 0 Å². The summed E-state index contributed by atoms with van der Waals surface area (Å²) in [7, 11) is 3.72. The monoisotopic (exact) mass is 275 g/mol. The zero-order chi connectivity index (χ0) is 14.3. The Labute approximate surface area is 119 Å². The summed E-state index contributed by atoms with van der Waals surface area (Å²) in [6.45, 7) is 0. The van der Waals surface area contributed by atoms with Crippen LogP contribution in [0.5, 0.6) is 5.75 Å². The molecule has 4 heteroatoms. The van der Waals surface area contributed by atoms with E-state index < -0.39 is 11.9 Å². The summed E-state index contributed by atoms with van der Waals surface area (Å²) in [5.41, 5.74) is 1.87. The van der Waals surface area contributed by atoms with Gasteiger partial charge in [0.15, 0.2) is 0 Å². The average molecular weight is 275 g/mol. The van der Waals surface area contributed by atoms with E-state index in [-0.39, 0.29) is 5.92 Å². The lowest BCUT2D eigenvalue weighted by atomic mass is 9.70. The maximum atomic E-state index is 11.8. The molecule has 0 aromatic heterocycles. The zero-order valence-corrected chi connectivity index (χ0v) is 12.0. The summed E-state index contributed by atoms with van der Waals surface area (Å²) in [5, 5.41) is 9.71. The van der Waals surface area contributed by atoms with Gasteiger partial charge in [-0.05, 0) is 30.4 Å². The summed E-state index contributed by atoms with van der Waals surface area (Å²) in [4.78, 5) is 14.1. The fourth-order valence-electron chi connectivity index (χ4n) is 4.05. The number of carbonyl (C=O) groups is 1. The van der Waals surface area contributed by atoms with Crippen LogP contribution < -0.4 is 9.64 Å². The minimum Gasteiger partial charge on any atom is -0.495 e. The zero-order valence-electron chi connectivity index (χ0n) is 12.0. The van der Waals surface area contributed by atoms with Crippen LogP contribution in [0.15, 0.2) is 18.2 Å². The molecule has 0 saturated heterocycles. The molecule has 0 spiro atoms. The van der Waals surface area contributed by atoms with Crippen LogP contribution in [0.3, 0.4) is 0 Å². The molecular weight excluding hydrogens is 254 g/mol. The molecule has 1 aliphatic carbocycles. The Bertz CT molecular complexity index is 528. The number of anilines is 1. The number of carboxylic acids is 1. The number of rotatable bonds is 2. The minimum absolute atomic E-state index is 0.214. The molecule has 0 bridgehead atoms. The first-order chi connectivity index (χ1) is 9.65. The normalized spacial score (nSPS) is 28.5. The third-order valence-electron chi connectivity index (χ3n) is 4.91. The topological polar surface area (TPSA) is 49.8 Å². The number of benzene rings is 1. The van der Waals surface area contributed by atoms with Gasteiger partial charge in [-0.1, -0.05) is 25.0 Å². The lowest BCUT2D eigenvalue weighted by Gasteiger charge is -2.47. The highest BCUT2D eigenvalue weighted by Gasteiger charge is 2.45. The molecule has 108 valence electrons. The molecule has 3 atom stereocenters. The van der Waals surface area contributed by atoms with E-state index in [1.807, 2.05) is 18.2 Å². The van der Waals surface area contributed by atoms with E-state index >= 15 is 0 Å². The smallest absolute Gasteiger partial charge is 0.311 e. The van der Waals surface area contributed by atoms with Gasteiger partial charge in [0.1, 0.15) is 5.75 Å². The van der Waals surface area contributed by atoms with Gasteiger partial charge in [-0.25, -0.2) is 0 Å². The summed E-state index contributed by atoms with van der Waals surface area (Å²) in [5.74, 6) is -0.114. The van der Waals surface area contributed by atoms with E-state index in [0.717, 1.165) is 36.3 Å². The number of hydrogen-bond acceptors (Lipinski definition) is 3. The minimum atomic E-state index is -0.704. The van der Waals surface area contributed by atoms with Crippen LogP contribution in [0.4, 0.5) is 5.69 Å². The number of aliphatic carboxylic acids is 1. The highest BCUT2D eigenvalue weighted by atomic mass is 16.5. The number of para-hydroxylation sites is 1. The van der Waals surface area contributed by atoms with Crippen LogP contribution in [0.25, 0.3) is 0 Å². The van der Waals surface area contributed by atoms with Gasteiger partial charge in [-0.3, -0.25) is 4.79 Å². The van der Waals surface area contributed by atoms with Crippen LogP contribution >= 0.6 is 0 Å². The predicted octanol–water partition coefficient (Wildman–Crippen LogP) is 2.87. The maximum Gasteiger partial charge on any atom is 0.311 e. The molecule has 1 aliphatic heterocycles. The summed E-state index contributed by atoms with van der Waals surface area (Å²) in [6.07, 6.45) is 4.39. The van der Waals surface area contributed by atoms with Gasteiger partial charge in [0.2, 0.25) is 0 Å². The van der Waals surface area contributed by atoms with Crippen LogP contribution in [0.1, 0.15) is 37.2 Å². The van der Waals surface area contributed by atoms with E-state index in [0.29, 0.717) is 6.04 Å². The second-order valence-corrected chi connectivity index (χ2v) is 5.84. The van der Waals surface area contributed by atoms with E-state index in [1.54, 1.807) is 7.11 Å². The third kappa shape index (κ3) is 1.86. The van der Waals surface area contributed by atoms with Crippen molar-refractivity contribution >= 4 is 11.7 Å². The highest BCUT2D eigenvalue weighted by molar-refractivity contribution is 5.83. The number of nitrogens with zero attached hydrogens (tertiary/aromatic N) is 1. The average Bonchev–Trinajstić information content (AvgIpc) is 2.46. The van der Waals surface area contributed by atoms with E-state index in [2.05, 4.69) is 11.9 Å². The molecule has 1 heterocycles. The molecule has 1 N–H and O–H groups in total. The summed E-state index contributed by atoms with van der Waals surface area (Å²) < 4.78 is 5.46. The number of fused-ring (bicyclic) bond motifs is 2. The molecule has 0 amide bonds. The molecule has 1 aromatic rings. The van der Waals surface area contributed by atoms with Crippen molar-refractivity contribution in [2.45, 2.75) is 37.6 Å². The molecule has 3 rings (SSSR count). The fraction of sp³-hybridized carbons (Fsp3) is 0.562. The Hall–Kier alpha value is -1.71. The lowest BCUT2D eigenvalue weighted by Crippen LogP contribution is -2.48. The van der Waals surface area contributed by atoms with Crippen molar-refractivity contribution in [2.24, 2.45) is 5.92 Å². The standard InChI is InChI=1S/C16H21NO3/c1-17-12-8-4-3-6-10(12)14(16(18)19)11-7-5-9-13(20-2)15(11)17/h5,7,9-10,12,14H,3-4,6,8H2,1-2H3,(H,18,19). The van der Waals surface area contributed by atoms with Crippen molar-refractivity contribution in [2.75, 3.05) is 19.1 Å². The van der Waals surface area contributed by atoms with Crippen LogP contribution in [0.2, 0.25) is 0 Å². The van der Waals surface area contributed by atoms with Crippen LogP contribution in [0, 0.1) is 5.92 Å². The Morgan fingerprint density at radius 3 is 2.80 bits per heavy atom. The summed E-state index contributed by atoms with van der Waals surface area (Å²) in [6, 6.07) is 6.06. The Morgan fingerprint density at radius 2 is 2.10 bits per heavy atom. The molecular formula is C16H21NO3. The first-order valence-electron chi connectivity index (χ1n) is 7.27. The molecule has 1 saturated carbocycles. The Kier molecular flexibility index (Phi) is 3.32. The fourth-order valence-corrected chi connectivity index (χ4v) is 4.05. The second-order valence-electron chi connectivity index (χ2n) is 5.84. The Morgan fingerprint density at radius 1 is 1.35 bits per heavy atom. The largest absolute Gasteiger partial charge is 0.495 e. The lowest BCUT2D eigenvalue weighted by molar-refractivity contribution is -0.141. The van der Waals surface area contributed by atoms with Crippen molar-refractivity contribution < 1.29 is 14.6 Å². The molecule has 3 unspecified atom stereocenters. The molecule has 1 aromatic carbocycles. The van der Waals surface area contributed by atoms with Crippen LogP contribution in [-0.4, -0.2) is 31.3 Å². The molecule has 2 aliphatic rings. The molecule has 1 fully saturated rings. The van der Waals surface area contributed by atoms with Gasteiger partial charge >= 0.3 is 5.97 Å². The number of carboxylic acid groups (broad SMARTS) is 1. The van der Waals surface area contributed by atoms with Crippen molar-refractivity contribution in [3.05, 3.63) is 23.8 Å². The number of methoxy groups -OCH3 is 1. The number of ether oxygens (including phenoxy) is 1. The molecule has 20 heavy (non-hydrogen) atoms. The SMILES string of the molecule is COc1cccc2c1N(C)C1CCCCC1C2C(=O)O. The third-order valence-corrected chi connectivity index (χ3v) is 4.91. The second kappa shape index (κ2) is 5.00. The van der Waals surface area contributed by atoms with Crippen molar-refractivity contribution in [1.82, 2.24) is 0 Å². The van der Waals surface area contributed by atoms with Crippen molar-refractivity contribution in [3.63, 3.8) is 0 Å². The molecule has 0 radical (unpaired) electrons. The van der Waals surface area contributed by atoms with Crippen molar-refractivity contribution in [1.29, 1.82) is 0 Å². The van der Waals surface area contributed by atoms with E-state index in [1.165, 1.54) is 6.42 Å². The van der Waals surface area contributed by atoms with Crippen LogP contribution in [-0.2, 0) is 4.79 Å². The summed E-state index contributed by atoms with van der Waals surface area (Å²) >= 11 is 0.